The average Bonchev–Trinajstić information content (AvgIpc) is 3.34. The smallest absolute Gasteiger partial charge is 0.191 e. The lowest BCUT2D eigenvalue weighted by Gasteiger charge is -2.12. The minimum Gasteiger partial charge on any atom is -0.357 e. The maximum atomic E-state index is 4.78. The Bertz CT molecular complexity index is 685. The Morgan fingerprint density at radius 3 is 2.84 bits per heavy atom. The van der Waals surface area contributed by atoms with Crippen molar-refractivity contribution in [2.45, 2.75) is 39.7 Å². The van der Waals surface area contributed by atoms with Crippen LogP contribution < -0.4 is 15.5 Å². The van der Waals surface area contributed by atoms with Gasteiger partial charge in [0.05, 0.1) is 12.2 Å². The number of aromatic nitrogens is 1. The number of nitrogens with one attached hydrogen (secondary N) is 2. The van der Waals surface area contributed by atoms with E-state index in [1.54, 1.807) is 11.3 Å². The first-order chi connectivity index (χ1) is 12.2. The molecule has 0 unspecified atom stereocenters. The van der Waals surface area contributed by atoms with Crippen LogP contribution in [0.15, 0.2) is 22.5 Å². The summed E-state index contributed by atoms with van der Waals surface area (Å²) >= 11 is 3.58. The second-order valence-corrected chi connectivity index (χ2v) is 8.41. The Balaban J connectivity index is 1.47. The van der Waals surface area contributed by atoms with E-state index >= 15 is 0 Å². The number of aliphatic imine (C=N–C) groups is 1. The van der Waals surface area contributed by atoms with Gasteiger partial charge in [-0.1, -0.05) is 0 Å². The number of hydrogen-bond acceptors (Lipinski definition) is 5. The van der Waals surface area contributed by atoms with Gasteiger partial charge in [0, 0.05) is 47.7 Å². The summed E-state index contributed by atoms with van der Waals surface area (Å²) in [5, 5.41) is 10.1. The van der Waals surface area contributed by atoms with Crippen molar-refractivity contribution in [2.24, 2.45) is 4.99 Å². The molecule has 3 rings (SSSR count). The fraction of sp³-hybridized carbons (Fsp3) is 0.556. The van der Waals surface area contributed by atoms with Crippen molar-refractivity contribution in [2.75, 3.05) is 31.1 Å². The molecule has 7 heteroatoms. The summed E-state index contributed by atoms with van der Waals surface area (Å²) in [6.45, 7) is 8.98. The molecule has 3 heterocycles. The Morgan fingerprint density at radius 2 is 2.12 bits per heavy atom. The van der Waals surface area contributed by atoms with E-state index in [1.807, 2.05) is 11.3 Å². The summed E-state index contributed by atoms with van der Waals surface area (Å²) < 4.78 is 0. The van der Waals surface area contributed by atoms with Crippen LogP contribution in [0, 0.1) is 6.92 Å². The third-order valence-corrected chi connectivity index (χ3v) is 6.06. The Labute approximate surface area is 158 Å². The van der Waals surface area contributed by atoms with Crippen LogP contribution in [0.5, 0.6) is 0 Å². The summed E-state index contributed by atoms with van der Waals surface area (Å²) in [5.41, 5.74) is 1.17. The fourth-order valence-corrected chi connectivity index (χ4v) is 4.57. The monoisotopic (exact) mass is 377 g/mol. The van der Waals surface area contributed by atoms with Crippen molar-refractivity contribution >= 4 is 33.8 Å². The molecular weight excluding hydrogens is 350 g/mol. The summed E-state index contributed by atoms with van der Waals surface area (Å²) in [6, 6.07) is 4.30. The van der Waals surface area contributed by atoms with Gasteiger partial charge in [0.2, 0.25) is 0 Å². The van der Waals surface area contributed by atoms with Gasteiger partial charge >= 0.3 is 0 Å². The van der Waals surface area contributed by atoms with E-state index in [4.69, 9.17) is 4.98 Å². The van der Waals surface area contributed by atoms with Crippen molar-refractivity contribution in [1.82, 2.24) is 15.6 Å². The van der Waals surface area contributed by atoms with E-state index < -0.39 is 0 Å². The SMILES string of the molecule is CCNC(=NCc1ccc(C)s1)NCCc1csc(N2CCCC2)n1. The zero-order valence-corrected chi connectivity index (χ0v) is 16.7. The van der Waals surface area contributed by atoms with Gasteiger partial charge in [-0.3, -0.25) is 0 Å². The van der Waals surface area contributed by atoms with Crippen molar-refractivity contribution in [1.29, 1.82) is 0 Å². The lowest BCUT2D eigenvalue weighted by molar-refractivity contribution is 0.790. The number of guanidine groups is 1. The predicted octanol–water partition coefficient (Wildman–Crippen LogP) is 3.41. The normalized spacial score (nSPS) is 15.0. The van der Waals surface area contributed by atoms with Crippen LogP contribution in [-0.2, 0) is 13.0 Å². The Kier molecular flexibility index (Phi) is 6.69. The molecule has 2 N–H and O–H groups in total. The van der Waals surface area contributed by atoms with Crippen LogP contribution in [0.4, 0.5) is 5.13 Å². The number of thiophene rings is 1. The van der Waals surface area contributed by atoms with E-state index in [0.29, 0.717) is 0 Å². The maximum absolute atomic E-state index is 4.78. The first-order valence-electron chi connectivity index (χ1n) is 9.01. The summed E-state index contributed by atoms with van der Waals surface area (Å²) in [7, 11) is 0. The van der Waals surface area contributed by atoms with Gasteiger partial charge in [0.1, 0.15) is 0 Å². The molecule has 1 aliphatic rings. The number of anilines is 1. The highest BCUT2D eigenvalue weighted by atomic mass is 32.1. The zero-order valence-electron chi connectivity index (χ0n) is 15.0. The molecule has 136 valence electrons. The highest BCUT2D eigenvalue weighted by molar-refractivity contribution is 7.13. The molecule has 0 aliphatic carbocycles. The molecule has 5 nitrogen and oxygen atoms in total. The highest BCUT2D eigenvalue weighted by Gasteiger charge is 2.15. The molecule has 1 saturated heterocycles. The summed E-state index contributed by atoms with van der Waals surface area (Å²) in [5.74, 6) is 0.878. The standard InChI is InChI=1S/C18H27N5S2/c1-3-19-17(21-12-16-7-6-14(2)25-16)20-9-8-15-13-24-18(22-15)23-10-4-5-11-23/h6-7,13H,3-5,8-12H2,1-2H3,(H2,19,20,21). The molecule has 0 atom stereocenters. The van der Waals surface area contributed by atoms with Crippen molar-refractivity contribution < 1.29 is 0 Å². The Hall–Kier alpha value is -1.60. The molecule has 2 aromatic heterocycles. The zero-order chi connectivity index (χ0) is 17.5. The summed E-state index contributed by atoms with van der Waals surface area (Å²) in [4.78, 5) is 14.5. The van der Waals surface area contributed by atoms with E-state index in [2.05, 4.69) is 51.9 Å². The summed E-state index contributed by atoms with van der Waals surface area (Å²) in [6.07, 6.45) is 3.51. The van der Waals surface area contributed by atoms with Crippen LogP contribution in [-0.4, -0.2) is 37.1 Å². The molecule has 1 fully saturated rings. The molecule has 0 radical (unpaired) electrons. The van der Waals surface area contributed by atoms with E-state index in [1.165, 1.54) is 33.4 Å². The fourth-order valence-electron chi connectivity index (χ4n) is 2.84. The van der Waals surface area contributed by atoms with Crippen LogP contribution in [0.3, 0.4) is 0 Å². The van der Waals surface area contributed by atoms with Crippen LogP contribution in [0.1, 0.15) is 35.2 Å². The number of rotatable bonds is 7. The molecule has 0 amide bonds. The van der Waals surface area contributed by atoms with Gasteiger partial charge < -0.3 is 15.5 Å². The minimum atomic E-state index is 0.726. The van der Waals surface area contributed by atoms with Crippen molar-refractivity contribution in [3.8, 4) is 0 Å². The molecule has 1 aliphatic heterocycles. The van der Waals surface area contributed by atoms with E-state index in [-0.39, 0.29) is 0 Å². The second kappa shape index (κ2) is 9.20. The van der Waals surface area contributed by atoms with Crippen LogP contribution in [0.2, 0.25) is 0 Å². The second-order valence-electron chi connectivity index (χ2n) is 6.20. The minimum absolute atomic E-state index is 0.726. The maximum Gasteiger partial charge on any atom is 0.191 e. The van der Waals surface area contributed by atoms with Gasteiger partial charge in [-0.05, 0) is 38.8 Å². The number of aryl methyl sites for hydroxylation is 1. The third-order valence-electron chi connectivity index (χ3n) is 4.12. The van der Waals surface area contributed by atoms with Crippen LogP contribution in [0.25, 0.3) is 0 Å². The van der Waals surface area contributed by atoms with Crippen molar-refractivity contribution in [3.63, 3.8) is 0 Å². The van der Waals surface area contributed by atoms with Gasteiger partial charge in [0.15, 0.2) is 11.1 Å². The molecule has 2 aromatic rings. The lowest BCUT2D eigenvalue weighted by atomic mass is 10.3. The van der Waals surface area contributed by atoms with Gasteiger partial charge in [-0.15, -0.1) is 22.7 Å². The Morgan fingerprint density at radius 1 is 1.28 bits per heavy atom. The van der Waals surface area contributed by atoms with Gasteiger partial charge in [0.25, 0.3) is 0 Å². The van der Waals surface area contributed by atoms with E-state index in [0.717, 1.165) is 45.1 Å². The van der Waals surface area contributed by atoms with Gasteiger partial charge in [-0.2, -0.15) is 0 Å². The predicted molar refractivity (Wildman–Crippen MR) is 109 cm³/mol. The quantitative estimate of drug-likeness (QED) is 0.573. The molecule has 0 saturated carbocycles. The van der Waals surface area contributed by atoms with Crippen LogP contribution >= 0.6 is 22.7 Å². The number of nitrogens with zero attached hydrogens (tertiary/aromatic N) is 3. The topological polar surface area (TPSA) is 52.6 Å². The average molecular weight is 378 g/mol. The number of thiazole rings is 1. The molecule has 0 bridgehead atoms. The highest BCUT2D eigenvalue weighted by Crippen LogP contribution is 2.24. The number of hydrogen-bond donors (Lipinski definition) is 2. The molecular formula is C18H27N5S2. The first-order valence-corrected chi connectivity index (χ1v) is 10.7. The first kappa shape index (κ1) is 18.2. The molecule has 25 heavy (non-hydrogen) atoms. The lowest BCUT2D eigenvalue weighted by Crippen LogP contribution is -2.38. The largest absolute Gasteiger partial charge is 0.357 e. The van der Waals surface area contributed by atoms with Gasteiger partial charge in [-0.25, -0.2) is 9.98 Å². The molecule has 0 aromatic carbocycles. The van der Waals surface area contributed by atoms with E-state index in [9.17, 15) is 0 Å². The third kappa shape index (κ3) is 5.44. The molecule has 0 spiro atoms. The van der Waals surface area contributed by atoms with Crippen molar-refractivity contribution in [3.05, 3.63) is 33.0 Å².